The second-order valence-corrected chi connectivity index (χ2v) is 4.98. The summed E-state index contributed by atoms with van der Waals surface area (Å²) in [4.78, 5) is 18.2. The van der Waals surface area contributed by atoms with E-state index in [-0.39, 0.29) is 11.9 Å². The third kappa shape index (κ3) is 3.21. The van der Waals surface area contributed by atoms with E-state index in [2.05, 4.69) is 22.2 Å². The topological polar surface area (TPSA) is 80.5 Å². The first-order valence-corrected chi connectivity index (χ1v) is 6.35. The number of carbonyl (C=O) groups excluding carboxylic acids is 1. The minimum Gasteiger partial charge on any atom is -0.469 e. The van der Waals surface area contributed by atoms with Gasteiger partial charge < -0.3 is 10.2 Å². The van der Waals surface area contributed by atoms with Gasteiger partial charge in [-0.2, -0.15) is 0 Å². The average Bonchev–Trinajstić information content (AvgIpc) is 2.79. The zero-order valence-corrected chi connectivity index (χ0v) is 11.3. The number of likely N-dealkylation sites (tertiary alicyclic amines) is 1. The molecule has 1 aliphatic heterocycles. The van der Waals surface area contributed by atoms with Crippen molar-refractivity contribution in [2.75, 3.05) is 25.6 Å². The zero-order valence-electron chi connectivity index (χ0n) is 11.3. The maximum absolute atomic E-state index is 11.6. The van der Waals surface area contributed by atoms with E-state index in [4.69, 9.17) is 10.6 Å². The van der Waals surface area contributed by atoms with Crippen molar-refractivity contribution in [3.63, 3.8) is 0 Å². The van der Waals surface area contributed by atoms with Gasteiger partial charge in [0.15, 0.2) is 0 Å². The van der Waals surface area contributed by atoms with Gasteiger partial charge in [-0.25, -0.2) is 0 Å². The molecule has 0 radical (unpaired) electrons. The predicted octanol–water partition coefficient (Wildman–Crippen LogP) is 0.608. The van der Waals surface area contributed by atoms with Gasteiger partial charge in [-0.15, -0.1) is 0 Å². The van der Waals surface area contributed by atoms with Gasteiger partial charge in [0.25, 0.3) is 0 Å². The summed E-state index contributed by atoms with van der Waals surface area (Å²) < 4.78 is 4.83. The first-order valence-electron chi connectivity index (χ1n) is 6.35. The van der Waals surface area contributed by atoms with E-state index in [9.17, 15) is 4.79 Å². The van der Waals surface area contributed by atoms with Crippen LogP contribution in [0.4, 0.5) is 5.69 Å². The summed E-state index contributed by atoms with van der Waals surface area (Å²) in [6.45, 7) is 4.39. The summed E-state index contributed by atoms with van der Waals surface area (Å²) in [5.74, 6) is 5.52. The Kier molecular flexibility index (Phi) is 4.34. The van der Waals surface area contributed by atoms with Crippen LogP contribution in [0.5, 0.6) is 0 Å². The molecular weight excluding hydrogens is 244 g/mol. The van der Waals surface area contributed by atoms with E-state index in [1.807, 2.05) is 12.1 Å². The van der Waals surface area contributed by atoms with Crippen LogP contribution < -0.4 is 11.3 Å². The van der Waals surface area contributed by atoms with Crippen LogP contribution in [0.1, 0.15) is 12.6 Å². The molecule has 3 N–H and O–H groups in total. The van der Waals surface area contributed by atoms with Crippen LogP contribution in [-0.2, 0) is 16.1 Å². The number of hydrazine groups is 1. The second kappa shape index (κ2) is 5.99. The van der Waals surface area contributed by atoms with Crippen LogP contribution in [0.3, 0.4) is 0 Å². The molecule has 1 aromatic heterocycles. The lowest BCUT2D eigenvalue weighted by atomic mass is 9.99. The number of ether oxygens (including phenoxy) is 1. The van der Waals surface area contributed by atoms with E-state index >= 15 is 0 Å². The quantitative estimate of drug-likeness (QED) is 0.471. The first-order chi connectivity index (χ1) is 9.13. The Balaban J connectivity index is 1.99. The zero-order chi connectivity index (χ0) is 13.8. The Morgan fingerprint density at radius 3 is 3.11 bits per heavy atom. The SMILES string of the molecule is COC(=O)C1CN(Cc2cc(NN)ccn2)CC1C. The highest BCUT2D eigenvalue weighted by molar-refractivity contribution is 5.73. The number of anilines is 1. The monoisotopic (exact) mass is 264 g/mol. The minimum absolute atomic E-state index is 0.0409. The van der Waals surface area contributed by atoms with Crippen LogP contribution in [0, 0.1) is 11.8 Å². The number of esters is 1. The number of nitrogens with one attached hydrogen (secondary N) is 1. The van der Waals surface area contributed by atoms with Crippen LogP contribution in [0.15, 0.2) is 18.3 Å². The molecule has 0 amide bonds. The number of carbonyl (C=O) groups is 1. The number of nitrogen functional groups attached to an aromatic ring is 1. The standard InChI is InChI=1S/C13H20N4O2/c1-9-6-17(8-12(9)13(18)19-2)7-11-5-10(16-14)3-4-15-11/h3-5,9,12H,6-8,14H2,1-2H3,(H,15,16). The van der Waals surface area contributed by atoms with Gasteiger partial charge in [-0.1, -0.05) is 6.92 Å². The molecule has 0 saturated carbocycles. The summed E-state index contributed by atoms with van der Waals surface area (Å²) >= 11 is 0. The molecule has 6 heteroatoms. The van der Waals surface area contributed by atoms with Crippen molar-refractivity contribution in [3.8, 4) is 0 Å². The van der Waals surface area contributed by atoms with Gasteiger partial charge in [0.05, 0.1) is 24.4 Å². The molecule has 2 heterocycles. The van der Waals surface area contributed by atoms with Crippen molar-refractivity contribution in [1.82, 2.24) is 9.88 Å². The third-order valence-electron chi connectivity index (χ3n) is 3.56. The molecule has 2 unspecified atom stereocenters. The lowest BCUT2D eigenvalue weighted by Crippen LogP contribution is -2.24. The normalized spacial score (nSPS) is 23.3. The van der Waals surface area contributed by atoms with Crippen molar-refractivity contribution >= 4 is 11.7 Å². The molecular formula is C13H20N4O2. The smallest absolute Gasteiger partial charge is 0.310 e. The Morgan fingerprint density at radius 2 is 2.42 bits per heavy atom. The van der Waals surface area contributed by atoms with E-state index in [0.29, 0.717) is 12.5 Å². The van der Waals surface area contributed by atoms with Gasteiger partial charge in [-0.3, -0.25) is 20.5 Å². The van der Waals surface area contributed by atoms with Gasteiger partial charge in [-0.05, 0) is 18.1 Å². The van der Waals surface area contributed by atoms with Crippen molar-refractivity contribution in [2.45, 2.75) is 13.5 Å². The number of hydrogen-bond donors (Lipinski definition) is 2. The highest BCUT2D eigenvalue weighted by atomic mass is 16.5. The molecule has 0 aliphatic carbocycles. The lowest BCUT2D eigenvalue weighted by molar-refractivity contribution is -0.146. The Morgan fingerprint density at radius 1 is 1.63 bits per heavy atom. The van der Waals surface area contributed by atoms with E-state index < -0.39 is 0 Å². The van der Waals surface area contributed by atoms with Crippen LogP contribution in [0.2, 0.25) is 0 Å². The van der Waals surface area contributed by atoms with Crippen molar-refractivity contribution < 1.29 is 9.53 Å². The molecule has 2 rings (SSSR count). The minimum atomic E-state index is -0.125. The van der Waals surface area contributed by atoms with Gasteiger partial charge >= 0.3 is 5.97 Å². The second-order valence-electron chi connectivity index (χ2n) is 4.98. The lowest BCUT2D eigenvalue weighted by Gasteiger charge is -2.15. The van der Waals surface area contributed by atoms with Crippen molar-refractivity contribution in [3.05, 3.63) is 24.0 Å². The van der Waals surface area contributed by atoms with Crippen LogP contribution >= 0.6 is 0 Å². The number of methoxy groups -OCH3 is 1. The number of aromatic nitrogens is 1. The summed E-state index contributed by atoms with van der Waals surface area (Å²) in [6.07, 6.45) is 1.72. The van der Waals surface area contributed by atoms with Crippen LogP contribution in [0.25, 0.3) is 0 Å². The maximum Gasteiger partial charge on any atom is 0.310 e. The Labute approximate surface area is 112 Å². The maximum atomic E-state index is 11.6. The molecule has 0 aromatic carbocycles. The summed E-state index contributed by atoms with van der Waals surface area (Å²) in [5, 5.41) is 0. The molecule has 6 nitrogen and oxygen atoms in total. The molecule has 19 heavy (non-hydrogen) atoms. The molecule has 1 saturated heterocycles. The molecule has 0 spiro atoms. The van der Waals surface area contributed by atoms with Crippen molar-refractivity contribution in [1.29, 1.82) is 0 Å². The largest absolute Gasteiger partial charge is 0.469 e. The highest BCUT2D eigenvalue weighted by Gasteiger charge is 2.35. The molecule has 104 valence electrons. The fourth-order valence-corrected chi connectivity index (χ4v) is 2.54. The number of nitrogens with zero attached hydrogens (tertiary/aromatic N) is 2. The van der Waals surface area contributed by atoms with Gasteiger partial charge in [0.1, 0.15) is 0 Å². The summed E-state index contributed by atoms with van der Waals surface area (Å²) in [7, 11) is 1.44. The number of nitrogens with two attached hydrogens (primary N) is 1. The predicted molar refractivity (Wildman–Crippen MR) is 72.0 cm³/mol. The number of pyridine rings is 1. The van der Waals surface area contributed by atoms with E-state index in [1.165, 1.54) is 7.11 Å². The van der Waals surface area contributed by atoms with E-state index in [1.54, 1.807) is 6.20 Å². The third-order valence-corrected chi connectivity index (χ3v) is 3.56. The fraction of sp³-hybridized carbons (Fsp3) is 0.538. The molecule has 1 fully saturated rings. The number of rotatable bonds is 4. The van der Waals surface area contributed by atoms with Gasteiger partial charge in [0, 0.05) is 25.8 Å². The molecule has 2 atom stereocenters. The summed E-state index contributed by atoms with van der Waals surface area (Å²) in [5.41, 5.74) is 4.38. The van der Waals surface area contributed by atoms with Crippen molar-refractivity contribution in [2.24, 2.45) is 17.7 Å². The average molecular weight is 264 g/mol. The van der Waals surface area contributed by atoms with E-state index in [0.717, 1.165) is 24.5 Å². The summed E-state index contributed by atoms with van der Waals surface area (Å²) in [6, 6.07) is 3.73. The highest BCUT2D eigenvalue weighted by Crippen LogP contribution is 2.25. The Hall–Kier alpha value is -1.66. The number of hydrogen-bond acceptors (Lipinski definition) is 6. The fourth-order valence-electron chi connectivity index (χ4n) is 2.54. The first kappa shape index (κ1) is 13.8. The molecule has 0 bridgehead atoms. The molecule has 1 aliphatic rings. The Bertz CT molecular complexity index is 452. The van der Waals surface area contributed by atoms with Gasteiger partial charge in [0.2, 0.25) is 0 Å². The van der Waals surface area contributed by atoms with Crippen LogP contribution in [-0.4, -0.2) is 36.1 Å². The molecule has 1 aromatic rings.